The van der Waals surface area contributed by atoms with Crippen molar-refractivity contribution in [1.82, 2.24) is 5.32 Å². The zero-order valence-electron chi connectivity index (χ0n) is 12.1. The maximum absolute atomic E-state index is 9.24. The van der Waals surface area contributed by atoms with Gasteiger partial charge in [0.25, 0.3) is 0 Å². The van der Waals surface area contributed by atoms with Gasteiger partial charge in [-0.25, -0.2) is 0 Å². The number of aliphatic hydroxyl groups is 1. The van der Waals surface area contributed by atoms with Gasteiger partial charge in [0.2, 0.25) is 0 Å². The number of hydrogen-bond acceptors (Lipinski definition) is 3. The molecule has 3 nitrogen and oxygen atoms in total. The lowest BCUT2D eigenvalue weighted by Gasteiger charge is -2.27. The molecule has 2 unspecified atom stereocenters. The van der Waals surface area contributed by atoms with Crippen LogP contribution in [0.3, 0.4) is 0 Å². The molecular weight excluding hydrogens is 214 g/mol. The van der Waals surface area contributed by atoms with E-state index in [9.17, 15) is 5.11 Å². The fraction of sp³-hybridized carbons (Fsp3) is 1.00. The third-order valence-electron chi connectivity index (χ3n) is 3.65. The molecular formula is C14H31NO2. The second kappa shape index (κ2) is 9.86. The highest BCUT2D eigenvalue weighted by atomic mass is 16.5. The van der Waals surface area contributed by atoms with Crippen LogP contribution in [0.15, 0.2) is 0 Å². The monoisotopic (exact) mass is 245 g/mol. The van der Waals surface area contributed by atoms with E-state index in [1.165, 1.54) is 25.7 Å². The first-order chi connectivity index (χ1) is 8.11. The number of rotatable bonds is 11. The molecule has 0 spiro atoms. The number of aliphatic hydroxyl groups excluding tert-OH is 1. The molecule has 0 amide bonds. The Balaban J connectivity index is 3.67. The van der Waals surface area contributed by atoms with Crippen LogP contribution in [0.5, 0.6) is 0 Å². The van der Waals surface area contributed by atoms with E-state index in [-0.39, 0.29) is 12.1 Å². The van der Waals surface area contributed by atoms with Crippen molar-refractivity contribution in [3.8, 4) is 0 Å². The van der Waals surface area contributed by atoms with Crippen molar-refractivity contribution in [3.05, 3.63) is 0 Å². The Kier molecular flexibility index (Phi) is 9.79. The molecule has 0 aliphatic carbocycles. The minimum atomic E-state index is -0.203. The van der Waals surface area contributed by atoms with Crippen LogP contribution in [0.1, 0.15) is 52.9 Å². The molecule has 0 rings (SSSR count). The topological polar surface area (TPSA) is 41.5 Å². The Morgan fingerprint density at radius 1 is 1.35 bits per heavy atom. The highest BCUT2D eigenvalue weighted by Crippen LogP contribution is 2.14. The fourth-order valence-corrected chi connectivity index (χ4v) is 1.73. The number of ether oxygens (including phenoxy) is 1. The third-order valence-corrected chi connectivity index (χ3v) is 3.65. The largest absolute Gasteiger partial charge is 0.394 e. The summed E-state index contributed by atoms with van der Waals surface area (Å²) in [6.07, 6.45) is 5.88. The van der Waals surface area contributed by atoms with E-state index in [0.29, 0.717) is 5.92 Å². The van der Waals surface area contributed by atoms with Crippen molar-refractivity contribution in [3.63, 3.8) is 0 Å². The highest BCUT2D eigenvalue weighted by Gasteiger charge is 2.20. The van der Waals surface area contributed by atoms with Crippen LogP contribution >= 0.6 is 0 Å². The Morgan fingerprint density at radius 3 is 2.53 bits per heavy atom. The number of unbranched alkanes of at least 4 members (excludes halogenated alkanes) is 1. The quantitative estimate of drug-likeness (QED) is 0.550. The van der Waals surface area contributed by atoms with Crippen molar-refractivity contribution >= 4 is 0 Å². The third kappa shape index (κ3) is 7.74. The van der Waals surface area contributed by atoms with Crippen LogP contribution in [0.25, 0.3) is 0 Å². The minimum Gasteiger partial charge on any atom is -0.394 e. The van der Waals surface area contributed by atoms with Crippen LogP contribution in [-0.2, 0) is 4.74 Å². The first-order valence-corrected chi connectivity index (χ1v) is 6.99. The number of nitrogens with one attached hydrogen (secondary N) is 1. The van der Waals surface area contributed by atoms with E-state index in [0.717, 1.165) is 19.6 Å². The maximum atomic E-state index is 9.24. The van der Waals surface area contributed by atoms with Crippen molar-refractivity contribution in [2.45, 2.75) is 58.4 Å². The Bertz CT molecular complexity index is 170. The summed E-state index contributed by atoms with van der Waals surface area (Å²) in [7, 11) is 1.88. The van der Waals surface area contributed by atoms with E-state index < -0.39 is 0 Å². The van der Waals surface area contributed by atoms with Crippen molar-refractivity contribution in [2.24, 2.45) is 5.92 Å². The molecule has 0 fully saturated rings. The number of hydrogen-bond donors (Lipinski definition) is 2. The van der Waals surface area contributed by atoms with Gasteiger partial charge in [-0.15, -0.1) is 0 Å². The molecule has 0 saturated heterocycles. The fourth-order valence-electron chi connectivity index (χ4n) is 1.73. The second-order valence-corrected chi connectivity index (χ2v) is 5.21. The van der Waals surface area contributed by atoms with Gasteiger partial charge in [0.05, 0.1) is 6.61 Å². The van der Waals surface area contributed by atoms with Gasteiger partial charge in [-0.05, 0) is 32.7 Å². The Morgan fingerprint density at radius 2 is 2.06 bits per heavy atom. The summed E-state index contributed by atoms with van der Waals surface area (Å²) in [5, 5.41) is 12.4. The second-order valence-electron chi connectivity index (χ2n) is 5.21. The Labute approximate surface area is 107 Å². The summed E-state index contributed by atoms with van der Waals surface area (Å²) in [5.74, 6) is 0.699. The molecule has 0 radical (unpaired) electrons. The van der Waals surface area contributed by atoms with Crippen molar-refractivity contribution in [1.29, 1.82) is 0 Å². The summed E-state index contributed by atoms with van der Waals surface area (Å²) in [6.45, 7) is 8.22. The van der Waals surface area contributed by atoms with Gasteiger partial charge in [-0.2, -0.15) is 0 Å². The SMILES string of the molecule is CCCCC(CC)COCCC(C)(CO)NC. The predicted octanol–water partition coefficient (Wildman–Crippen LogP) is 2.58. The molecule has 0 aromatic rings. The molecule has 17 heavy (non-hydrogen) atoms. The summed E-state index contributed by atoms with van der Waals surface area (Å²) < 4.78 is 5.73. The standard InChI is InChI=1S/C14H31NO2/c1-5-7-8-13(6-2)11-17-10-9-14(3,12-16)15-4/h13,15-16H,5-12H2,1-4H3. The first kappa shape index (κ1) is 16.9. The number of likely N-dealkylation sites (N-methyl/N-ethyl adjacent to an activating group) is 1. The average molecular weight is 245 g/mol. The summed E-state index contributed by atoms with van der Waals surface area (Å²) in [5.41, 5.74) is -0.203. The van der Waals surface area contributed by atoms with Gasteiger partial charge in [0.15, 0.2) is 0 Å². The van der Waals surface area contributed by atoms with Crippen LogP contribution < -0.4 is 5.32 Å². The van der Waals surface area contributed by atoms with Gasteiger partial charge >= 0.3 is 0 Å². The summed E-state index contributed by atoms with van der Waals surface area (Å²) in [4.78, 5) is 0. The molecule has 0 heterocycles. The molecule has 0 aliphatic rings. The highest BCUT2D eigenvalue weighted by molar-refractivity contribution is 4.79. The van der Waals surface area contributed by atoms with Gasteiger partial charge in [0, 0.05) is 18.8 Å². The van der Waals surface area contributed by atoms with Crippen LogP contribution in [-0.4, -0.2) is 37.5 Å². The van der Waals surface area contributed by atoms with Crippen LogP contribution in [0.2, 0.25) is 0 Å². The molecule has 104 valence electrons. The summed E-state index contributed by atoms with van der Waals surface area (Å²) >= 11 is 0. The molecule has 0 aliphatic heterocycles. The average Bonchev–Trinajstić information content (AvgIpc) is 2.37. The van der Waals surface area contributed by atoms with E-state index >= 15 is 0 Å². The van der Waals surface area contributed by atoms with Crippen LogP contribution in [0, 0.1) is 5.92 Å². The molecule has 0 bridgehead atoms. The lowest BCUT2D eigenvalue weighted by Crippen LogP contribution is -2.44. The lowest BCUT2D eigenvalue weighted by atomic mass is 9.99. The predicted molar refractivity (Wildman–Crippen MR) is 73.3 cm³/mol. The van der Waals surface area contributed by atoms with Crippen molar-refractivity contribution < 1.29 is 9.84 Å². The van der Waals surface area contributed by atoms with Gasteiger partial charge in [0.1, 0.15) is 0 Å². The van der Waals surface area contributed by atoms with E-state index in [4.69, 9.17) is 4.74 Å². The molecule has 0 saturated carbocycles. The van der Waals surface area contributed by atoms with Gasteiger partial charge in [-0.1, -0.05) is 33.1 Å². The first-order valence-electron chi connectivity index (χ1n) is 6.99. The van der Waals surface area contributed by atoms with Gasteiger partial charge < -0.3 is 15.2 Å². The Hall–Kier alpha value is -0.120. The lowest BCUT2D eigenvalue weighted by molar-refractivity contribution is 0.0652. The zero-order chi connectivity index (χ0) is 13.1. The van der Waals surface area contributed by atoms with E-state index in [1.54, 1.807) is 0 Å². The molecule has 2 N–H and O–H groups in total. The molecule has 0 aromatic carbocycles. The van der Waals surface area contributed by atoms with E-state index in [2.05, 4.69) is 19.2 Å². The zero-order valence-corrected chi connectivity index (χ0v) is 12.1. The minimum absolute atomic E-state index is 0.153. The van der Waals surface area contributed by atoms with Gasteiger partial charge in [-0.3, -0.25) is 0 Å². The smallest absolute Gasteiger partial charge is 0.0611 e. The molecule has 0 aromatic heterocycles. The van der Waals surface area contributed by atoms with Crippen LogP contribution in [0.4, 0.5) is 0 Å². The normalized spacial score (nSPS) is 16.8. The summed E-state index contributed by atoms with van der Waals surface area (Å²) in [6, 6.07) is 0. The molecule has 3 heteroatoms. The van der Waals surface area contributed by atoms with Crippen molar-refractivity contribution in [2.75, 3.05) is 26.9 Å². The van der Waals surface area contributed by atoms with E-state index in [1.807, 2.05) is 14.0 Å². The maximum Gasteiger partial charge on any atom is 0.0611 e. The molecule has 2 atom stereocenters.